The molecule has 1 aromatic carbocycles. The Labute approximate surface area is 129 Å². The van der Waals surface area contributed by atoms with Crippen molar-refractivity contribution in [2.24, 2.45) is 5.73 Å². The van der Waals surface area contributed by atoms with E-state index in [1.54, 1.807) is 17.4 Å². The number of rotatable bonds is 4. The first kappa shape index (κ1) is 15.9. The van der Waals surface area contributed by atoms with Crippen molar-refractivity contribution < 1.29 is 4.39 Å². The third-order valence-corrected chi connectivity index (χ3v) is 4.35. The van der Waals surface area contributed by atoms with E-state index in [0.717, 1.165) is 27.9 Å². The van der Waals surface area contributed by atoms with Crippen LogP contribution in [0.4, 0.5) is 15.2 Å². The van der Waals surface area contributed by atoms with Crippen molar-refractivity contribution in [3.63, 3.8) is 0 Å². The summed E-state index contributed by atoms with van der Waals surface area (Å²) in [6.07, 6.45) is 0. The van der Waals surface area contributed by atoms with Gasteiger partial charge in [0.1, 0.15) is 5.82 Å². The summed E-state index contributed by atoms with van der Waals surface area (Å²) >= 11 is 1.59. The van der Waals surface area contributed by atoms with Crippen LogP contribution in [0.2, 0.25) is 0 Å². The van der Waals surface area contributed by atoms with Gasteiger partial charge in [-0.15, -0.1) is 0 Å². The number of nitrogens with two attached hydrogens (primary N) is 1. The van der Waals surface area contributed by atoms with Gasteiger partial charge in [0.25, 0.3) is 0 Å². The van der Waals surface area contributed by atoms with E-state index in [2.05, 4.69) is 20.8 Å². The van der Waals surface area contributed by atoms with Crippen LogP contribution in [0, 0.1) is 5.82 Å². The largest absolute Gasteiger partial charge is 0.326 e. The first-order valence-corrected chi connectivity index (χ1v) is 7.91. The molecule has 1 aromatic heterocycles. The Morgan fingerprint density at radius 3 is 2.52 bits per heavy atom. The summed E-state index contributed by atoms with van der Waals surface area (Å²) in [5.74, 6) is -0.238. The van der Waals surface area contributed by atoms with Crippen LogP contribution in [0.3, 0.4) is 0 Å². The normalized spacial score (nSPS) is 11.7. The molecule has 21 heavy (non-hydrogen) atoms. The fraction of sp³-hybridized carbons (Fsp3) is 0.438. The predicted octanol–water partition coefficient (Wildman–Crippen LogP) is 4.20. The minimum atomic E-state index is -0.238. The van der Waals surface area contributed by atoms with E-state index in [1.807, 2.05) is 17.9 Å². The van der Waals surface area contributed by atoms with Crippen LogP contribution in [0.15, 0.2) is 24.3 Å². The molecule has 0 aliphatic carbocycles. The van der Waals surface area contributed by atoms with Crippen LogP contribution in [0.5, 0.6) is 0 Å². The highest BCUT2D eigenvalue weighted by atomic mass is 32.1. The number of aromatic nitrogens is 1. The van der Waals surface area contributed by atoms with Gasteiger partial charge in [0.2, 0.25) is 0 Å². The number of hydrogen-bond acceptors (Lipinski definition) is 4. The molecule has 1 heterocycles. The van der Waals surface area contributed by atoms with Crippen molar-refractivity contribution >= 4 is 22.2 Å². The van der Waals surface area contributed by atoms with Crippen molar-refractivity contribution in [2.45, 2.75) is 39.7 Å². The summed E-state index contributed by atoms with van der Waals surface area (Å²) in [4.78, 5) is 7.88. The fourth-order valence-corrected chi connectivity index (χ4v) is 3.49. The molecule has 114 valence electrons. The topological polar surface area (TPSA) is 42.2 Å². The minimum Gasteiger partial charge on any atom is -0.326 e. The lowest BCUT2D eigenvalue weighted by atomic mass is 9.91. The van der Waals surface area contributed by atoms with Crippen molar-refractivity contribution in [1.29, 1.82) is 0 Å². The molecule has 0 bridgehead atoms. The van der Waals surface area contributed by atoms with E-state index >= 15 is 0 Å². The molecule has 0 aliphatic rings. The second-order valence-corrected chi connectivity index (χ2v) is 7.01. The smallest absolute Gasteiger partial charge is 0.190 e. The number of nitrogens with zero attached hydrogens (tertiary/aromatic N) is 2. The molecule has 0 aliphatic heterocycles. The molecular weight excluding hydrogens is 285 g/mol. The predicted molar refractivity (Wildman–Crippen MR) is 87.8 cm³/mol. The Morgan fingerprint density at radius 1 is 1.33 bits per heavy atom. The Bertz CT molecular complexity index is 616. The molecule has 2 rings (SSSR count). The number of halogens is 1. The van der Waals surface area contributed by atoms with Gasteiger partial charge in [-0.2, -0.15) is 0 Å². The molecule has 0 fully saturated rings. The first-order chi connectivity index (χ1) is 9.86. The molecule has 2 N–H and O–H groups in total. The lowest BCUT2D eigenvalue weighted by Crippen LogP contribution is -2.18. The van der Waals surface area contributed by atoms with E-state index in [9.17, 15) is 4.39 Å². The second kappa shape index (κ2) is 6.12. The molecule has 3 nitrogen and oxygen atoms in total. The van der Waals surface area contributed by atoms with Gasteiger partial charge in [-0.25, -0.2) is 9.37 Å². The maximum Gasteiger partial charge on any atom is 0.190 e. The summed E-state index contributed by atoms with van der Waals surface area (Å²) in [7, 11) is 0. The van der Waals surface area contributed by atoms with Crippen molar-refractivity contribution in [1.82, 2.24) is 4.98 Å². The maximum atomic E-state index is 13.5. The average Bonchev–Trinajstić information content (AvgIpc) is 2.84. The lowest BCUT2D eigenvalue weighted by Gasteiger charge is -2.20. The van der Waals surface area contributed by atoms with E-state index in [1.165, 1.54) is 12.1 Å². The zero-order valence-corrected chi connectivity index (χ0v) is 13.8. The molecule has 2 aromatic rings. The quantitative estimate of drug-likeness (QED) is 0.920. The van der Waals surface area contributed by atoms with Crippen molar-refractivity contribution in [3.8, 4) is 0 Å². The van der Waals surface area contributed by atoms with Gasteiger partial charge in [-0.3, -0.25) is 0 Å². The number of hydrogen-bond donors (Lipinski definition) is 1. The Balaban J connectivity index is 2.46. The third-order valence-electron chi connectivity index (χ3n) is 3.25. The van der Waals surface area contributed by atoms with Gasteiger partial charge in [0, 0.05) is 29.1 Å². The van der Waals surface area contributed by atoms with E-state index in [4.69, 9.17) is 10.7 Å². The van der Waals surface area contributed by atoms with Gasteiger partial charge in [-0.1, -0.05) is 38.2 Å². The highest BCUT2D eigenvalue weighted by molar-refractivity contribution is 7.15. The zero-order chi connectivity index (χ0) is 15.6. The molecular formula is C16H22FN3S. The monoisotopic (exact) mass is 307 g/mol. The lowest BCUT2D eigenvalue weighted by molar-refractivity contribution is 0.566. The summed E-state index contributed by atoms with van der Waals surface area (Å²) in [5, 5.41) is 0.869. The van der Waals surface area contributed by atoms with Crippen LogP contribution in [-0.4, -0.2) is 11.5 Å². The zero-order valence-electron chi connectivity index (χ0n) is 13.0. The molecule has 5 heteroatoms. The molecule has 0 unspecified atom stereocenters. The molecule has 0 saturated heterocycles. The first-order valence-electron chi connectivity index (χ1n) is 7.10. The van der Waals surface area contributed by atoms with Gasteiger partial charge in [0.05, 0.1) is 5.69 Å². The third kappa shape index (κ3) is 3.41. The Kier molecular flexibility index (Phi) is 4.64. The van der Waals surface area contributed by atoms with E-state index < -0.39 is 0 Å². The fourth-order valence-electron chi connectivity index (χ4n) is 2.25. The standard InChI is InChI=1S/C16H22FN3S/c1-5-20(12-8-6-7-11(17)9-12)15-19-14(16(2,3)4)13(10-18)21-15/h6-9H,5,10,18H2,1-4H3. The molecule has 0 atom stereocenters. The Hall–Kier alpha value is -1.46. The molecule has 0 saturated carbocycles. The summed E-state index contributed by atoms with van der Waals surface area (Å²) in [5.41, 5.74) is 7.65. The van der Waals surface area contributed by atoms with Crippen LogP contribution in [-0.2, 0) is 12.0 Å². The van der Waals surface area contributed by atoms with Crippen LogP contribution in [0.1, 0.15) is 38.3 Å². The Morgan fingerprint density at radius 2 is 2.05 bits per heavy atom. The van der Waals surface area contributed by atoms with Crippen LogP contribution >= 0.6 is 11.3 Å². The van der Waals surface area contributed by atoms with Crippen molar-refractivity contribution in [3.05, 3.63) is 40.7 Å². The van der Waals surface area contributed by atoms with Gasteiger partial charge in [0.15, 0.2) is 5.13 Å². The highest BCUT2D eigenvalue weighted by Crippen LogP contribution is 2.36. The summed E-state index contributed by atoms with van der Waals surface area (Å²) in [6.45, 7) is 9.62. The number of anilines is 2. The molecule has 0 radical (unpaired) electrons. The summed E-state index contributed by atoms with van der Waals surface area (Å²) in [6, 6.07) is 6.59. The molecule has 0 amide bonds. The van der Waals surface area contributed by atoms with Gasteiger partial charge < -0.3 is 10.6 Å². The SMILES string of the molecule is CCN(c1cccc(F)c1)c1nc(C(C)(C)C)c(CN)s1. The second-order valence-electron chi connectivity index (χ2n) is 5.95. The maximum absolute atomic E-state index is 13.5. The van der Waals surface area contributed by atoms with E-state index in [0.29, 0.717) is 6.54 Å². The highest BCUT2D eigenvalue weighted by Gasteiger charge is 2.24. The van der Waals surface area contributed by atoms with Gasteiger partial charge in [-0.05, 0) is 25.1 Å². The summed E-state index contributed by atoms with van der Waals surface area (Å²) < 4.78 is 13.5. The van der Waals surface area contributed by atoms with E-state index in [-0.39, 0.29) is 11.2 Å². The van der Waals surface area contributed by atoms with Gasteiger partial charge >= 0.3 is 0 Å². The van der Waals surface area contributed by atoms with Crippen molar-refractivity contribution in [2.75, 3.05) is 11.4 Å². The van der Waals surface area contributed by atoms with Crippen LogP contribution in [0.25, 0.3) is 0 Å². The average molecular weight is 307 g/mol. The number of thiazole rings is 1. The minimum absolute atomic E-state index is 0.0508. The number of benzene rings is 1. The van der Waals surface area contributed by atoms with Crippen LogP contribution < -0.4 is 10.6 Å². The molecule has 0 spiro atoms.